The van der Waals surface area contributed by atoms with E-state index in [1.54, 1.807) is 50.4 Å². The van der Waals surface area contributed by atoms with Gasteiger partial charge < -0.3 is 10.3 Å². The molecule has 0 unspecified atom stereocenters. The Kier molecular flexibility index (Phi) is 4.78. The predicted octanol–water partition coefficient (Wildman–Crippen LogP) is 3.13. The van der Waals surface area contributed by atoms with Gasteiger partial charge in [0.25, 0.3) is 0 Å². The Morgan fingerprint density at radius 2 is 1.88 bits per heavy atom. The first-order valence-electron chi connectivity index (χ1n) is 8.25. The summed E-state index contributed by atoms with van der Waals surface area (Å²) >= 11 is 0. The first-order valence-corrected chi connectivity index (χ1v) is 9.80. The van der Waals surface area contributed by atoms with Gasteiger partial charge in [-0.05, 0) is 32.4 Å². The number of rotatable bonds is 5. The minimum absolute atomic E-state index is 0.242. The number of nitrogens with zero attached hydrogens (tertiary/aromatic N) is 3. The normalized spacial score (nSPS) is 11.8. The highest BCUT2D eigenvalue weighted by atomic mass is 32.2. The standard InChI is InChI=1S/C18H20N4O3S/c1-4-13-9-16(25-22-13)17-18(19)20-10-15(21-17)12-5-7-14(8-6-12)26(23,24)11(2)3/h5-11H,4H2,1-3H3,(H2,19,20). The molecular weight excluding hydrogens is 352 g/mol. The number of aryl methyl sites for hydroxylation is 1. The third kappa shape index (κ3) is 3.32. The molecule has 3 aromatic rings. The van der Waals surface area contributed by atoms with Crippen LogP contribution < -0.4 is 5.73 Å². The molecule has 0 saturated carbocycles. The van der Waals surface area contributed by atoms with Gasteiger partial charge in [0.1, 0.15) is 0 Å². The van der Waals surface area contributed by atoms with Crippen molar-refractivity contribution in [2.24, 2.45) is 0 Å². The Morgan fingerprint density at radius 3 is 2.46 bits per heavy atom. The van der Waals surface area contributed by atoms with Gasteiger partial charge in [-0.25, -0.2) is 18.4 Å². The Bertz CT molecular complexity index is 1020. The molecule has 2 aromatic heterocycles. The molecule has 8 heteroatoms. The summed E-state index contributed by atoms with van der Waals surface area (Å²) in [4.78, 5) is 8.97. The minimum Gasteiger partial charge on any atom is -0.382 e. The second-order valence-electron chi connectivity index (χ2n) is 6.14. The van der Waals surface area contributed by atoms with Gasteiger partial charge in [-0.2, -0.15) is 0 Å². The fraction of sp³-hybridized carbons (Fsp3) is 0.278. The molecule has 136 valence electrons. The largest absolute Gasteiger partial charge is 0.382 e. The summed E-state index contributed by atoms with van der Waals surface area (Å²) in [6.07, 6.45) is 2.28. The quantitative estimate of drug-likeness (QED) is 0.732. The zero-order valence-electron chi connectivity index (χ0n) is 14.8. The number of nitrogens with two attached hydrogens (primary N) is 1. The van der Waals surface area contributed by atoms with Crippen molar-refractivity contribution in [3.63, 3.8) is 0 Å². The lowest BCUT2D eigenvalue weighted by Gasteiger charge is -2.09. The number of aromatic nitrogens is 3. The Hall–Kier alpha value is -2.74. The molecule has 0 spiro atoms. The number of nitrogen functional groups attached to an aromatic ring is 1. The van der Waals surface area contributed by atoms with Crippen LogP contribution in [0.4, 0.5) is 5.82 Å². The second kappa shape index (κ2) is 6.87. The molecule has 2 N–H and O–H groups in total. The highest BCUT2D eigenvalue weighted by molar-refractivity contribution is 7.92. The van der Waals surface area contributed by atoms with E-state index in [1.807, 2.05) is 6.92 Å². The smallest absolute Gasteiger partial charge is 0.189 e. The van der Waals surface area contributed by atoms with E-state index in [9.17, 15) is 8.42 Å². The van der Waals surface area contributed by atoms with Gasteiger partial charge in [-0.1, -0.05) is 24.2 Å². The van der Waals surface area contributed by atoms with E-state index in [0.717, 1.165) is 17.7 Å². The summed E-state index contributed by atoms with van der Waals surface area (Å²) < 4.78 is 29.8. The third-order valence-electron chi connectivity index (χ3n) is 4.05. The van der Waals surface area contributed by atoms with Crippen LogP contribution in [0, 0.1) is 0 Å². The molecule has 7 nitrogen and oxygen atoms in total. The van der Waals surface area contributed by atoms with Crippen molar-refractivity contribution < 1.29 is 12.9 Å². The molecule has 0 saturated heterocycles. The lowest BCUT2D eigenvalue weighted by molar-refractivity contribution is 0.423. The average molecular weight is 372 g/mol. The SMILES string of the molecule is CCc1cc(-c2nc(-c3ccc(S(=O)(=O)C(C)C)cc3)cnc2N)on1. The second-order valence-corrected chi connectivity index (χ2v) is 8.65. The maximum atomic E-state index is 12.2. The first-order chi connectivity index (χ1) is 12.3. The van der Waals surface area contributed by atoms with Crippen LogP contribution in [0.15, 0.2) is 45.9 Å². The van der Waals surface area contributed by atoms with Crippen molar-refractivity contribution >= 4 is 15.7 Å². The van der Waals surface area contributed by atoms with Crippen molar-refractivity contribution in [1.29, 1.82) is 0 Å². The Balaban J connectivity index is 1.99. The zero-order chi connectivity index (χ0) is 18.9. The van der Waals surface area contributed by atoms with Gasteiger partial charge in [-0.15, -0.1) is 0 Å². The summed E-state index contributed by atoms with van der Waals surface area (Å²) in [5.74, 6) is 0.694. The summed E-state index contributed by atoms with van der Waals surface area (Å²) in [6, 6.07) is 8.34. The number of benzene rings is 1. The van der Waals surface area contributed by atoms with Gasteiger partial charge in [0.05, 0.1) is 27.7 Å². The molecule has 26 heavy (non-hydrogen) atoms. The van der Waals surface area contributed by atoms with Crippen molar-refractivity contribution in [1.82, 2.24) is 15.1 Å². The van der Waals surface area contributed by atoms with E-state index in [-0.39, 0.29) is 10.7 Å². The number of sulfone groups is 1. The lowest BCUT2D eigenvalue weighted by atomic mass is 10.1. The lowest BCUT2D eigenvalue weighted by Crippen LogP contribution is -2.13. The summed E-state index contributed by atoms with van der Waals surface area (Å²) in [5, 5.41) is 3.47. The minimum atomic E-state index is -3.31. The van der Waals surface area contributed by atoms with Crippen molar-refractivity contribution in [3.8, 4) is 22.7 Å². The van der Waals surface area contributed by atoms with Crippen molar-refractivity contribution in [2.45, 2.75) is 37.3 Å². The van der Waals surface area contributed by atoms with Crippen molar-refractivity contribution in [3.05, 3.63) is 42.2 Å². The summed E-state index contributed by atoms with van der Waals surface area (Å²) in [6.45, 7) is 5.28. The van der Waals surface area contributed by atoms with Gasteiger partial charge in [0, 0.05) is 11.6 Å². The van der Waals surface area contributed by atoms with Crippen LogP contribution in [0.25, 0.3) is 22.7 Å². The van der Waals surface area contributed by atoms with Gasteiger partial charge >= 0.3 is 0 Å². The van der Waals surface area contributed by atoms with Crippen LogP contribution in [-0.4, -0.2) is 28.8 Å². The average Bonchev–Trinajstić information content (AvgIpc) is 3.11. The number of hydrogen-bond acceptors (Lipinski definition) is 7. The van der Waals surface area contributed by atoms with E-state index >= 15 is 0 Å². The van der Waals surface area contributed by atoms with Gasteiger partial charge in [-0.3, -0.25) is 0 Å². The first kappa shape index (κ1) is 18.1. The third-order valence-corrected chi connectivity index (χ3v) is 6.23. The van der Waals surface area contributed by atoms with Crippen molar-refractivity contribution in [2.75, 3.05) is 5.73 Å². The molecule has 0 aliphatic carbocycles. The van der Waals surface area contributed by atoms with E-state index in [2.05, 4.69) is 15.1 Å². The monoisotopic (exact) mass is 372 g/mol. The Morgan fingerprint density at radius 1 is 1.19 bits per heavy atom. The molecule has 0 radical (unpaired) electrons. The molecule has 3 rings (SSSR count). The maximum Gasteiger partial charge on any atom is 0.189 e. The molecule has 0 bridgehead atoms. The fourth-order valence-electron chi connectivity index (χ4n) is 2.40. The van der Waals surface area contributed by atoms with E-state index < -0.39 is 15.1 Å². The molecular formula is C18H20N4O3S. The highest BCUT2D eigenvalue weighted by Crippen LogP contribution is 2.27. The molecule has 1 aromatic carbocycles. The molecule has 0 aliphatic rings. The molecule has 0 fully saturated rings. The Labute approximate surface area is 152 Å². The molecule has 0 amide bonds. The zero-order valence-corrected chi connectivity index (χ0v) is 15.6. The summed E-state index contributed by atoms with van der Waals surface area (Å²) in [7, 11) is -3.31. The fourth-order valence-corrected chi connectivity index (χ4v) is 3.46. The topological polar surface area (TPSA) is 112 Å². The molecule has 0 aliphatic heterocycles. The number of anilines is 1. The van der Waals surface area contributed by atoms with E-state index in [4.69, 9.17) is 10.3 Å². The highest BCUT2D eigenvalue weighted by Gasteiger charge is 2.19. The van der Waals surface area contributed by atoms with Crippen LogP contribution in [0.2, 0.25) is 0 Å². The summed E-state index contributed by atoms with van der Waals surface area (Å²) in [5.41, 5.74) is 8.44. The van der Waals surface area contributed by atoms with Crippen LogP contribution in [0.3, 0.4) is 0 Å². The van der Waals surface area contributed by atoms with Crippen LogP contribution in [0.5, 0.6) is 0 Å². The van der Waals surface area contributed by atoms with Crippen LogP contribution in [-0.2, 0) is 16.3 Å². The van der Waals surface area contributed by atoms with Crippen LogP contribution >= 0.6 is 0 Å². The van der Waals surface area contributed by atoms with Crippen LogP contribution in [0.1, 0.15) is 26.5 Å². The van der Waals surface area contributed by atoms with E-state index in [0.29, 0.717) is 17.1 Å². The molecule has 0 atom stereocenters. The van der Waals surface area contributed by atoms with E-state index in [1.165, 1.54) is 0 Å². The van der Waals surface area contributed by atoms with Gasteiger partial charge in [0.2, 0.25) is 0 Å². The predicted molar refractivity (Wildman–Crippen MR) is 99.1 cm³/mol. The van der Waals surface area contributed by atoms with Gasteiger partial charge in [0.15, 0.2) is 27.1 Å². The number of hydrogen-bond donors (Lipinski definition) is 1. The maximum absolute atomic E-state index is 12.2. The molecule has 2 heterocycles.